The number of rotatable bonds is 3. The van der Waals surface area contributed by atoms with Gasteiger partial charge < -0.3 is 4.74 Å². The summed E-state index contributed by atoms with van der Waals surface area (Å²) in [6.45, 7) is 3.88. The lowest BCUT2D eigenvalue weighted by Gasteiger charge is -2.04. The number of aryl methyl sites for hydroxylation is 1. The Morgan fingerprint density at radius 1 is 1.55 bits per heavy atom. The zero-order chi connectivity index (χ0) is 14.7. The predicted octanol–water partition coefficient (Wildman–Crippen LogP) is 2.63. The SMILES string of the molecule is COC(=O)/C(C#N)=C/c1cc(C)n(-c2nccs2)c1C. The van der Waals surface area contributed by atoms with Crippen molar-refractivity contribution in [3.63, 3.8) is 0 Å². The molecule has 0 aliphatic carbocycles. The van der Waals surface area contributed by atoms with E-state index in [1.54, 1.807) is 6.20 Å². The van der Waals surface area contributed by atoms with Crippen molar-refractivity contribution in [2.75, 3.05) is 7.11 Å². The predicted molar refractivity (Wildman–Crippen MR) is 76.5 cm³/mol. The van der Waals surface area contributed by atoms with Crippen molar-refractivity contribution in [2.45, 2.75) is 13.8 Å². The van der Waals surface area contributed by atoms with Gasteiger partial charge in [-0.25, -0.2) is 9.78 Å². The Balaban J connectivity index is 2.51. The van der Waals surface area contributed by atoms with Gasteiger partial charge in [0.05, 0.1) is 7.11 Å². The van der Waals surface area contributed by atoms with Gasteiger partial charge in [0.1, 0.15) is 11.6 Å². The first-order valence-corrected chi connectivity index (χ1v) is 6.75. The van der Waals surface area contributed by atoms with Crippen LogP contribution < -0.4 is 0 Å². The number of ether oxygens (including phenoxy) is 1. The fourth-order valence-electron chi connectivity index (χ4n) is 1.96. The Bertz CT molecular complexity index is 706. The summed E-state index contributed by atoms with van der Waals surface area (Å²) in [5.41, 5.74) is 2.70. The van der Waals surface area contributed by atoms with Crippen LogP contribution in [0.25, 0.3) is 11.2 Å². The van der Waals surface area contributed by atoms with Crippen LogP contribution in [0.3, 0.4) is 0 Å². The van der Waals surface area contributed by atoms with Gasteiger partial charge in [-0.1, -0.05) is 0 Å². The molecule has 0 N–H and O–H groups in total. The van der Waals surface area contributed by atoms with Crippen molar-refractivity contribution in [1.82, 2.24) is 9.55 Å². The summed E-state index contributed by atoms with van der Waals surface area (Å²) in [5.74, 6) is -0.633. The molecule has 2 aromatic rings. The molecule has 0 saturated heterocycles. The molecular formula is C14H13N3O2S. The van der Waals surface area contributed by atoms with E-state index in [0.29, 0.717) is 0 Å². The van der Waals surface area contributed by atoms with Gasteiger partial charge in [-0.15, -0.1) is 11.3 Å². The molecule has 2 heterocycles. The largest absolute Gasteiger partial charge is 0.465 e. The molecule has 6 heteroatoms. The Morgan fingerprint density at radius 2 is 2.30 bits per heavy atom. The number of methoxy groups -OCH3 is 1. The smallest absolute Gasteiger partial charge is 0.348 e. The summed E-state index contributed by atoms with van der Waals surface area (Å²) in [5, 5.41) is 11.8. The molecule has 2 rings (SSSR count). The highest BCUT2D eigenvalue weighted by Crippen LogP contribution is 2.24. The quantitative estimate of drug-likeness (QED) is 0.494. The Kier molecular flexibility index (Phi) is 4.01. The average molecular weight is 287 g/mol. The molecule has 0 atom stereocenters. The van der Waals surface area contributed by atoms with E-state index in [9.17, 15) is 4.79 Å². The molecule has 0 amide bonds. The average Bonchev–Trinajstić information content (AvgIpc) is 3.04. The monoisotopic (exact) mass is 287 g/mol. The molecule has 2 aromatic heterocycles. The zero-order valence-corrected chi connectivity index (χ0v) is 12.2. The number of nitrogens with zero attached hydrogens (tertiary/aromatic N) is 3. The third kappa shape index (κ3) is 2.49. The highest BCUT2D eigenvalue weighted by Gasteiger charge is 2.14. The van der Waals surface area contributed by atoms with Crippen LogP contribution in [-0.4, -0.2) is 22.6 Å². The van der Waals surface area contributed by atoms with Crippen LogP contribution in [0.4, 0.5) is 0 Å². The third-order valence-corrected chi connectivity index (χ3v) is 3.66. The van der Waals surface area contributed by atoms with Crippen LogP contribution in [0.1, 0.15) is 17.0 Å². The van der Waals surface area contributed by atoms with Gasteiger partial charge in [-0.05, 0) is 31.6 Å². The molecule has 0 aliphatic heterocycles. The molecule has 0 saturated carbocycles. The summed E-state index contributed by atoms with van der Waals surface area (Å²) in [7, 11) is 1.26. The fourth-order valence-corrected chi connectivity index (χ4v) is 2.71. The first kappa shape index (κ1) is 14.0. The number of carbonyl (C=O) groups excluding carboxylic acids is 1. The van der Waals surface area contributed by atoms with E-state index >= 15 is 0 Å². The van der Waals surface area contributed by atoms with Gasteiger partial charge in [-0.3, -0.25) is 4.57 Å². The van der Waals surface area contributed by atoms with Gasteiger partial charge in [0, 0.05) is 23.0 Å². The fraction of sp³-hybridized carbons (Fsp3) is 0.214. The van der Waals surface area contributed by atoms with Crippen molar-refractivity contribution >= 4 is 23.4 Å². The van der Waals surface area contributed by atoms with Crippen molar-refractivity contribution in [1.29, 1.82) is 5.26 Å². The summed E-state index contributed by atoms with van der Waals surface area (Å²) < 4.78 is 6.57. The third-order valence-electron chi connectivity index (χ3n) is 2.91. The summed E-state index contributed by atoms with van der Waals surface area (Å²) >= 11 is 1.53. The maximum absolute atomic E-state index is 11.4. The number of hydrogen-bond acceptors (Lipinski definition) is 5. The maximum atomic E-state index is 11.4. The normalized spacial score (nSPS) is 11.2. The Hall–Kier alpha value is -2.39. The molecule has 102 valence electrons. The molecule has 0 spiro atoms. The van der Waals surface area contributed by atoms with E-state index in [-0.39, 0.29) is 5.57 Å². The molecule has 0 radical (unpaired) electrons. The summed E-state index contributed by atoms with van der Waals surface area (Å²) in [6.07, 6.45) is 3.28. The molecule has 0 bridgehead atoms. The van der Waals surface area contributed by atoms with Gasteiger partial charge in [-0.2, -0.15) is 5.26 Å². The van der Waals surface area contributed by atoms with Crippen molar-refractivity contribution < 1.29 is 9.53 Å². The molecule has 0 unspecified atom stereocenters. The van der Waals surface area contributed by atoms with Crippen LogP contribution in [0.15, 0.2) is 23.2 Å². The summed E-state index contributed by atoms with van der Waals surface area (Å²) in [6, 6.07) is 3.77. The van der Waals surface area contributed by atoms with Crippen LogP contribution in [0.5, 0.6) is 0 Å². The highest BCUT2D eigenvalue weighted by molar-refractivity contribution is 7.12. The lowest BCUT2D eigenvalue weighted by atomic mass is 10.1. The number of nitriles is 1. The van der Waals surface area contributed by atoms with E-state index < -0.39 is 5.97 Å². The van der Waals surface area contributed by atoms with Crippen molar-refractivity contribution in [2.24, 2.45) is 0 Å². The van der Waals surface area contributed by atoms with Gasteiger partial charge in [0.15, 0.2) is 5.13 Å². The second-order valence-electron chi connectivity index (χ2n) is 4.14. The minimum Gasteiger partial charge on any atom is -0.465 e. The number of hydrogen-bond donors (Lipinski definition) is 0. The van der Waals surface area contributed by atoms with E-state index in [4.69, 9.17) is 5.26 Å². The Morgan fingerprint density at radius 3 is 2.85 bits per heavy atom. The van der Waals surface area contributed by atoms with E-state index in [0.717, 1.165) is 22.1 Å². The molecule has 0 aromatic carbocycles. The molecule has 5 nitrogen and oxygen atoms in total. The number of esters is 1. The molecule has 0 aliphatic rings. The van der Waals surface area contributed by atoms with E-state index in [2.05, 4.69) is 9.72 Å². The van der Waals surface area contributed by atoms with Crippen LogP contribution in [-0.2, 0) is 9.53 Å². The highest BCUT2D eigenvalue weighted by atomic mass is 32.1. The standard InChI is InChI=1S/C14H13N3O2S/c1-9-6-11(7-12(8-15)13(18)19-3)10(2)17(9)14-16-4-5-20-14/h4-7H,1-3H3/b12-7+. The van der Waals surface area contributed by atoms with E-state index in [1.807, 2.05) is 35.9 Å². The minimum absolute atomic E-state index is 0.0214. The number of carbonyl (C=O) groups is 1. The Labute approximate surface area is 120 Å². The second kappa shape index (κ2) is 5.72. The first-order valence-electron chi connectivity index (χ1n) is 5.87. The maximum Gasteiger partial charge on any atom is 0.348 e. The van der Waals surface area contributed by atoms with Gasteiger partial charge >= 0.3 is 5.97 Å². The molecular weight excluding hydrogens is 274 g/mol. The topological polar surface area (TPSA) is 67.9 Å². The van der Waals surface area contributed by atoms with Crippen LogP contribution in [0, 0.1) is 25.2 Å². The second-order valence-corrected chi connectivity index (χ2v) is 5.01. The van der Waals surface area contributed by atoms with E-state index in [1.165, 1.54) is 24.5 Å². The van der Waals surface area contributed by atoms with Gasteiger partial charge in [0.2, 0.25) is 0 Å². The van der Waals surface area contributed by atoms with Gasteiger partial charge in [0.25, 0.3) is 0 Å². The minimum atomic E-state index is -0.633. The van der Waals surface area contributed by atoms with Crippen LogP contribution >= 0.6 is 11.3 Å². The molecule has 0 fully saturated rings. The van der Waals surface area contributed by atoms with Crippen molar-refractivity contribution in [3.05, 3.63) is 40.2 Å². The molecule has 20 heavy (non-hydrogen) atoms. The summed E-state index contributed by atoms with van der Waals surface area (Å²) in [4.78, 5) is 15.7. The number of aromatic nitrogens is 2. The lowest BCUT2D eigenvalue weighted by Crippen LogP contribution is -2.03. The number of thiazole rings is 1. The van der Waals surface area contributed by atoms with Crippen LogP contribution in [0.2, 0.25) is 0 Å². The zero-order valence-electron chi connectivity index (χ0n) is 11.4. The van der Waals surface area contributed by atoms with Crippen molar-refractivity contribution in [3.8, 4) is 11.2 Å². The first-order chi connectivity index (χ1) is 9.58. The lowest BCUT2D eigenvalue weighted by molar-refractivity contribution is -0.135.